The Hall–Kier alpha value is -0.890. The second-order valence-corrected chi connectivity index (χ2v) is 5.79. The maximum absolute atomic E-state index is 10.7. The van der Waals surface area contributed by atoms with Gasteiger partial charge in [0.15, 0.2) is 0 Å². The summed E-state index contributed by atoms with van der Waals surface area (Å²) in [6.45, 7) is 4.59. The molecule has 0 radical (unpaired) electrons. The number of hydrogen-bond acceptors (Lipinski definition) is 2. The Morgan fingerprint density at radius 1 is 1.19 bits per heavy atom. The van der Waals surface area contributed by atoms with Crippen molar-refractivity contribution in [3.8, 4) is 0 Å². The molecule has 1 saturated carbocycles. The third-order valence-electron chi connectivity index (χ3n) is 3.86. The van der Waals surface area contributed by atoms with Gasteiger partial charge >= 0.3 is 0 Å². The van der Waals surface area contributed by atoms with Crippen molar-refractivity contribution in [2.75, 3.05) is 0 Å². The fourth-order valence-electron chi connectivity index (χ4n) is 2.58. The monoisotopic (exact) mass is 219 g/mol. The summed E-state index contributed by atoms with van der Waals surface area (Å²) >= 11 is 0. The van der Waals surface area contributed by atoms with E-state index in [1.807, 2.05) is 12.1 Å². The van der Waals surface area contributed by atoms with Crippen molar-refractivity contribution in [1.29, 1.82) is 0 Å². The molecule has 16 heavy (non-hydrogen) atoms. The Kier molecular flexibility index (Phi) is 3.02. The molecule has 0 aromatic carbocycles. The third kappa shape index (κ3) is 2.43. The van der Waals surface area contributed by atoms with Crippen LogP contribution >= 0.6 is 0 Å². The molecule has 1 aliphatic rings. The molecule has 0 bridgehead atoms. The Morgan fingerprint density at radius 3 is 2.69 bits per heavy atom. The van der Waals surface area contributed by atoms with Gasteiger partial charge in [0.25, 0.3) is 0 Å². The summed E-state index contributed by atoms with van der Waals surface area (Å²) in [5, 5.41) is 10.7. The average molecular weight is 219 g/mol. The van der Waals surface area contributed by atoms with E-state index in [0.29, 0.717) is 5.41 Å². The van der Waals surface area contributed by atoms with Crippen molar-refractivity contribution >= 4 is 0 Å². The molecule has 2 nitrogen and oxygen atoms in total. The molecule has 2 rings (SSSR count). The van der Waals surface area contributed by atoms with Crippen molar-refractivity contribution in [3.63, 3.8) is 0 Å². The molecule has 1 aromatic heterocycles. The van der Waals surface area contributed by atoms with Crippen LogP contribution in [-0.2, 0) is 5.60 Å². The van der Waals surface area contributed by atoms with Crippen LogP contribution in [0.2, 0.25) is 0 Å². The second-order valence-electron chi connectivity index (χ2n) is 5.79. The van der Waals surface area contributed by atoms with Crippen molar-refractivity contribution in [3.05, 3.63) is 30.1 Å². The van der Waals surface area contributed by atoms with Gasteiger partial charge in [0.1, 0.15) is 0 Å². The van der Waals surface area contributed by atoms with Crippen molar-refractivity contribution in [2.45, 2.75) is 51.6 Å². The van der Waals surface area contributed by atoms with Gasteiger partial charge < -0.3 is 5.11 Å². The van der Waals surface area contributed by atoms with Gasteiger partial charge in [0.05, 0.1) is 5.60 Å². The van der Waals surface area contributed by atoms with Gasteiger partial charge in [-0.2, -0.15) is 0 Å². The molecule has 0 aliphatic heterocycles. The molecule has 88 valence electrons. The van der Waals surface area contributed by atoms with Crippen LogP contribution in [0.15, 0.2) is 24.5 Å². The summed E-state index contributed by atoms with van der Waals surface area (Å²) < 4.78 is 0. The molecule has 1 aliphatic carbocycles. The van der Waals surface area contributed by atoms with Crippen molar-refractivity contribution in [2.24, 2.45) is 5.41 Å². The molecule has 1 fully saturated rings. The fraction of sp³-hybridized carbons (Fsp3) is 0.643. The number of nitrogens with zero attached hydrogens (tertiary/aromatic N) is 1. The first-order valence-electron chi connectivity index (χ1n) is 6.15. The van der Waals surface area contributed by atoms with Gasteiger partial charge in [0.2, 0.25) is 0 Å². The number of aliphatic hydroxyl groups is 1. The normalized spacial score (nSPS) is 29.7. The molecule has 0 saturated heterocycles. The summed E-state index contributed by atoms with van der Waals surface area (Å²) in [5.74, 6) is 0. The predicted molar refractivity (Wildman–Crippen MR) is 65.0 cm³/mol. The van der Waals surface area contributed by atoms with Crippen molar-refractivity contribution < 1.29 is 5.11 Å². The highest BCUT2D eigenvalue weighted by atomic mass is 16.3. The fourth-order valence-corrected chi connectivity index (χ4v) is 2.58. The molecule has 1 atom stereocenters. The number of pyridine rings is 1. The van der Waals surface area contributed by atoms with Gasteiger partial charge in [0, 0.05) is 18.0 Å². The molecule has 1 aromatic rings. The average Bonchev–Trinajstić information content (AvgIpc) is 2.41. The van der Waals surface area contributed by atoms with Crippen LogP contribution in [0.3, 0.4) is 0 Å². The second kappa shape index (κ2) is 4.17. The zero-order valence-electron chi connectivity index (χ0n) is 10.2. The van der Waals surface area contributed by atoms with Gasteiger partial charge in [-0.1, -0.05) is 19.9 Å². The maximum atomic E-state index is 10.7. The minimum Gasteiger partial charge on any atom is -0.385 e. The molecule has 0 amide bonds. The van der Waals surface area contributed by atoms with Crippen LogP contribution in [0, 0.1) is 5.41 Å². The first kappa shape index (κ1) is 11.6. The van der Waals surface area contributed by atoms with E-state index in [1.165, 1.54) is 6.42 Å². The van der Waals surface area contributed by atoms with Crippen molar-refractivity contribution in [1.82, 2.24) is 4.98 Å². The summed E-state index contributed by atoms with van der Waals surface area (Å²) in [6.07, 6.45) is 8.66. The van der Waals surface area contributed by atoms with Crippen LogP contribution in [0.4, 0.5) is 0 Å². The van der Waals surface area contributed by atoms with Gasteiger partial charge in [-0.25, -0.2) is 0 Å². The quantitative estimate of drug-likeness (QED) is 0.735. The number of hydrogen-bond donors (Lipinski definition) is 1. The van der Waals surface area contributed by atoms with Crippen LogP contribution in [-0.4, -0.2) is 10.1 Å². The highest BCUT2D eigenvalue weighted by molar-refractivity contribution is 5.18. The highest BCUT2D eigenvalue weighted by Crippen LogP contribution is 2.42. The molecule has 1 N–H and O–H groups in total. The van der Waals surface area contributed by atoms with Crippen LogP contribution in [0.25, 0.3) is 0 Å². The topological polar surface area (TPSA) is 33.1 Å². The van der Waals surface area contributed by atoms with Crippen LogP contribution in [0.5, 0.6) is 0 Å². The third-order valence-corrected chi connectivity index (χ3v) is 3.86. The van der Waals surface area contributed by atoms with E-state index in [1.54, 1.807) is 12.4 Å². The zero-order valence-corrected chi connectivity index (χ0v) is 10.2. The number of rotatable bonds is 1. The Morgan fingerprint density at radius 2 is 2.00 bits per heavy atom. The molecule has 2 heteroatoms. The van der Waals surface area contributed by atoms with Gasteiger partial charge in [-0.05, 0) is 43.6 Å². The van der Waals surface area contributed by atoms with Crippen LogP contribution in [0.1, 0.15) is 51.5 Å². The van der Waals surface area contributed by atoms with Gasteiger partial charge in [-0.15, -0.1) is 0 Å². The van der Waals surface area contributed by atoms with E-state index in [9.17, 15) is 5.11 Å². The van der Waals surface area contributed by atoms with E-state index in [4.69, 9.17) is 0 Å². The summed E-state index contributed by atoms with van der Waals surface area (Å²) in [6, 6.07) is 3.90. The smallest absolute Gasteiger partial charge is 0.0911 e. The standard InChI is InChI=1S/C14H21NO/c1-13(2)6-4-7-14(16,9-8-13)12-5-3-10-15-11-12/h3,5,10-11,16H,4,6-9H2,1-2H3. The SMILES string of the molecule is CC1(C)CCCC(O)(c2cccnc2)CC1. The largest absolute Gasteiger partial charge is 0.385 e. The van der Waals surface area contributed by atoms with E-state index in [-0.39, 0.29) is 0 Å². The Bertz CT molecular complexity index is 347. The lowest BCUT2D eigenvalue weighted by Crippen LogP contribution is -2.25. The lowest BCUT2D eigenvalue weighted by molar-refractivity contribution is 0.0177. The summed E-state index contributed by atoms with van der Waals surface area (Å²) in [7, 11) is 0. The number of aromatic nitrogens is 1. The molecule has 1 unspecified atom stereocenters. The summed E-state index contributed by atoms with van der Waals surface area (Å²) in [4.78, 5) is 4.11. The molecule has 0 spiro atoms. The molecular weight excluding hydrogens is 198 g/mol. The Labute approximate surface area is 97.7 Å². The van der Waals surface area contributed by atoms with E-state index in [2.05, 4.69) is 18.8 Å². The minimum atomic E-state index is -0.651. The first-order chi connectivity index (χ1) is 7.52. The minimum absolute atomic E-state index is 0.368. The summed E-state index contributed by atoms with van der Waals surface area (Å²) in [5.41, 5.74) is 0.696. The lowest BCUT2D eigenvalue weighted by Gasteiger charge is -2.28. The first-order valence-corrected chi connectivity index (χ1v) is 6.15. The van der Waals surface area contributed by atoms with E-state index < -0.39 is 5.60 Å². The van der Waals surface area contributed by atoms with E-state index in [0.717, 1.165) is 31.2 Å². The maximum Gasteiger partial charge on any atom is 0.0911 e. The Balaban J connectivity index is 2.20. The highest BCUT2D eigenvalue weighted by Gasteiger charge is 2.35. The zero-order chi connectivity index (χ0) is 11.6. The lowest BCUT2D eigenvalue weighted by atomic mass is 9.83. The molecule has 1 heterocycles. The van der Waals surface area contributed by atoms with Gasteiger partial charge in [-0.3, -0.25) is 4.98 Å². The van der Waals surface area contributed by atoms with E-state index >= 15 is 0 Å². The predicted octanol–water partition coefficient (Wildman–Crippen LogP) is 3.26. The molecular formula is C14H21NO. The van der Waals surface area contributed by atoms with Crippen LogP contribution < -0.4 is 0 Å².